The van der Waals surface area contributed by atoms with E-state index in [9.17, 15) is 4.79 Å². The van der Waals surface area contributed by atoms with Gasteiger partial charge in [0.2, 0.25) is 0 Å². The topological polar surface area (TPSA) is 38.8 Å². The number of carbonyl (C=O) groups is 1. The molecule has 1 amide bonds. The lowest BCUT2D eigenvalue weighted by Crippen LogP contribution is -2.40. The van der Waals surface area contributed by atoms with Gasteiger partial charge in [-0.1, -0.05) is 28.8 Å². The molecule has 1 saturated carbocycles. The van der Waals surface area contributed by atoms with Crippen LogP contribution >= 0.6 is 15.9 Å². The second-order valence-corrected chi connectivity index (χ2v) is 5.99. The first-order valence-corrected chi connectivity index (χ1v) is 8.42. The summed E-state index contributed by atoms with van der Waals surface area (Å²) in [5.41, 5.74) is 0.653. The van der Waals surface area contributed by atoms with Crippen LogP contribution in [-0.4, -0.2) is 42.9 Å². The highest BCUT2D eigenvalue weighted by molar-refractivity contribution is 9.09. The van der Waals surface area contributed by atoms with Gasteiger partial charge in [0.25, 0.3) is 5.91 Å². The molecule has 0 aliphatic heterocycles. The predicted octanol–water partition coefficient (Wildman–Crippen LogP) is 3.48. The Labute approximate surface area is 134 Å². The number of methoxy groups -OCH3 is 2. The van der Waals surface area contributed by atoms with Gasteiger partial charge in [-0.05, 0) is 31.0 Å². The molecule has 116 valence electrons. The Morgan fingerprint density at radius 3 is 2.48 bits per heavy atom. The minimum Gasteiger partial charge on any atom is -0.493 e. The van der Waals surface area contributed by atoms with Crippen LogP contribution in [0.3, 0.4) is 0 Å². The summed E-state index contributed by atoms with van der Waals surface area (Å²) in [7, 11) is 3.17. The minimum absolute atomic E-state index is 0.0716. The molecule has 0 atom stereocenters. The quantitative estimate of drug-likeness (QED) is 0.733. The van der Waals surface area contributed by atoms with Crippen molar-refractivity contribution in [2.45, 2.75) is 31.7 Å². The average Bonchev–Trinajstić information content (AvgIpc) is 3.05. The van der Waals surface area contributed by atoms with Crippen molar-refractivity contribution >= 4 is 21.8 Å². The van der Waals surface area contributed by atoms with Gasteiger partial charge in [0.1, 0.15) is 0 Å². The van der Waals surface area contributed by atoms with E-state index in [0.29, 0.717) is 23.1 Å². The van der Waals surface area contributed by atoms with Crippen molar-refractivity contribution in [2.24, 2.45) is 0 Å². The Morgan fingerprint density at radius 1 is 1.24 bits per heavy atom. The normalized spacial score (nSPS) is 15.0. The van der Waals surface area contributed by atoms with Gasteiger partial charge in [0.15, 0.2) is 11.5 Å². The summed E-state index contributed by atoms with van der Waals surface area (Å²) in [5.74, 6) is 1.30. The molecule has 0 N–H and O–H groups in total. The van der Waals surface area contributed by atoms with Crippen molar-refractivity contribution in [1.82, 2.24) is 4.90 Å². The summed E-state index contributed by atoms with van der Waals surface area (Å²) in [6.07, 6.45) is 4.63. The number of halogens is 1. The number of nitrogens with zero attached hydrogens (tertiary/aromatic N) is 1. The molecule has 5 heteroatoms. The van der Waals surface area contributed by atoms with Crippen LogP contribution in [0.15, 0.2) is 18.2 Å². The number of ether oxygens (including phenoxy) is 2. The Kier molecular flexibility index (Phi) is 5.91. The lowest BCUT2D eigenvalue weighted by atomic mass is 10.1. The van der Waals surface area contributed by atoms with Gasteiger partial charge in [-0.25, -0.2) is 0 Å². The lowest BCUT2D eigenvalue weighted by molar-refractivity contribution is 0.0696. The largest absolute Gasteiger partial charge is 0.493 e. The number of alkyl halides is 1. The molecule has 1 aromatic rings. The molecule has 1 aliphatic carbocycles. The predicted molar refractivity (Wildman–Crippen MR) is 86.6 cm³/mol. The van der Waals surface area contributed by atoms with E-state index in [1.165, 1.54) is 12.8 Å². The summed E-state index contributed by atoms with van der Waals surface area (Å²) in [5, 5.41) is 0.794. The number of benzene rings is 1. The fraction of sp³-hybridized carbons (Fsp3) is 0.562. The molecule has 4 nitrogen and oxygen atoms in total. The summed E-state index contributed by atoms with van der Waals surface area (Å²) in [6.45, 7) is 0.734. The molecular weight excluding hydrogens is 334 g/mol. The van der Waals surface area contributed by atoms with Crippen LogP contribution in [-0.2, 0) is 0 Å². The van der Waals surface area contributed by atoms with Crippen molar-refractivity contribution < 1.29 is 14.3 Å². The van der Waals surface area contributed by atoms with E-state index in [-0.39, 0.29) is 5.91 Å². The van der Waals surface area contributed by atoms with Crippen molar-refractivity contribution in [3.63, 3.8) is 0 Å². The zero-order valence-electron chi connectivity index (χ0n) is 12.6. The number of hydrogen-bond acceptors (Lipinski definition) is 3. The highest BCUT2D eigenvalue weighted by Crippen LogP contribution is 2.30. The van der Waals surface area contributed by atoms with E-state index >= 15 is 0 Å². The highest BCUT2D eigenvalue weighted by atomic mass is 79.9. The third-order valence-electron chi connectivity index (χ3n) is 3.98. The maximum atomic E-state index is 12.8. The molecule has 0 unspecified atom stereocenters. The van der Waals surface area contributed by atoms with Crippen LogP contribution < -0.4 is 9.47 Å². The van der Waals surface area contributed by atoms with Crippen molar-refractivity contribution in [1.29, 1.82) is 0 Å². The molecule has 0 bridgehead atoms. The average molecular weight is 356 g/mol. The fourth-order valence-electron chi connectivity index (χ4n) is 2.89. The zero-order valence-corrected chi connectivity index (χ0v) is 14.2. The van der Waals surface area contributed by atoms with E-state index in [1.54, 1.807) is 32.4 Å². The monoisotopic (exact) mass is 355 g/mol. The number of carbonyl (C=O) groups excluding carboxylic acids is 1. The van der Waals surface area contributed by atoms with Crippen LogP contribution in [0.1, 0.15) is 36.0 Å². The van der Waals surface area contributed by atoms with Crippen molar-refractivity contribution in [3.05, 3.63) is 23.8 Å². The van der Waals surface area contributed by atoms with E-state index < -0.39 is 0 Å². The molecule has 0 saturated heterocycles. The van der Waals surface area contributed by atoms with Gasteiger partial charge in [-0.3, -0.25) is 4.79 Å². The molecule has 1 aromatic carbocycles. The van der Waals surface area contributed by atoms with E-state index in [0.717, 1.165) is 24.7 Å². The van der Waals surface area contributed by atoms with E-state index in [1.807, 2.05) is 4.90 Å². The van der Waals surface area contributed by atoms with Gasteiger partial charge in [-0.2, -0.15) is 0 Å². The SMILES string of the molecule is COc1ccc(C(=O)N(CCBr)C2CCCC2)cc1OC. The Morgan fingerprint density at radius 2 is 1.90 bits per heavy atom. The fourth-order valence-corrected chi connectivity index (χ4v) is 3.27. The number of hydrogen-bond donors (Lipinski definition) is 0. The smallest absolute Gasteiger partial charge is 0.254 e. The maximum absolute atomic E-state index is 12.8. The van der Waals surface area contributed by atoms with Crippen LogP contribution in [0.4, 0.5) is 0 Å². The molecule has 21 heavy (non-hydrogen) atoms. The molecule has 1 aliphatic rings. The third kappa shape index (κ3) is 3.70. The summed E-state index contributed by atoms with van der Waals surface area (Å²) in [4.78, 5) is 14.8. The van der Waals surface area contributed by atoms with Gasteiger partial charge >= 0.3 is 0 Å². The molecule has 0 radical (unpaired) electrons. The van der Waals surface area contributed by atoms with Crippen LogP contribution in [0.25, 0.3) is 0 Å². The number of amides is 1. The van der Waals surface area contributed by atoms with E-state index in [4.69, 9.17) is 9.47 Å². The zero-order chi connectivity index (χ0) is 15.2. The molecule has 0 aromatic heterocycles. The first-order valence-electron chi connectivity index (χ1n) is 7.30. The number of rotatable bonds is 6. The van der Waals surface area contributed by atoms with Gasteiger partial charge in [0, 0.05) is 23.5 Å². The second-order valence-electron chi connectivity index (χ2n) is 5.20. The molecule has 0 heterocycles. The van der Waals surface area contributed by atoms with E-state index in [2.05, 4.69) is 15.9 Å². The molecule has 1 fully saturated rings. The Hall–Kier alpha value is -1.23. The Bertz CT molecular complexity index is 486. The molecule has 0 spiro atoms. The summed E-state index contributed by atoms with van der Waals surface area (Å²) >= 11 is 3.45. The van der Waals surface area contributed by atoms with Crippen LogP contribution in [0.5, 0.6) is 11.5 Å². The molecular formula is C16H22BrNO3. The van der Waals surface area contributed by atoms with Crippen LogP contribution in [0, 0.1) is 0 Å². The van der Waals surface area contributed by atoms with Gasteiger partial charge < -0.3 is 14.4 Å². The lowest BCUT2D eigenvalue weighted by Gasteiger charge is -2.28. The second kappa shape index (κ2) is 7.69. The van der Waals surface area contributed by atoms with Gasteiger partial charge in [0.05, 0.1) is 14.2 Å². The summed E-state index contributed by atoms with van der Waals surface area (Å²) in [6, 6.07) is 5.72. The highest BCUT2D eigenvalue weighted by Gasteiger charge is 2.27. The first-order chi connectivity index (χ1) is 10.2. The minimum atomic E-state index is 0.0716. The third-order valence-corrected chi connectivity index (χ3v) is 4.34. The standard InChI is InChI=1S/C16H22BrNO3/c1-20-14-8-7-12(11-15(14)21-2)16(19)18(10-9-17)13-5-3-4-6-13/h7-8,11,13H,3-6,9-10H2,1-2H3. The van der Waals surface area contributed by atoms with Gasteiger partial charge in [-0.15, -0.1) is 0 Å². The molecule has 2 rings (SSSR count). The van der Waals surface area contributed by atoms with Crippen molar-refractivity contribution in [2.75, 3.05) is 26.1 Å². The van der Waals surface area contributed by atoms with Crippen LogP contribution in [0.2, 0.25) is 0 Å². The Balaban J connectivity index is 2.23. The maximum Gasteiger partial charge on any atom is 0.254 e. The van der Waals surface area contributed by atoms with Crippen molar-refractivity contribution in [3.8, 4) is 11.5 Å². The summed E-state index contributed by atoms with van der Waals surface area (Å²) < 4.78 is 10.5. The first kappa shape index (κ1) is 16.1.